The van der Waals surface area contributed by atoms with Crippen molar-refractivity contribution >= 4 is 6.29 Å². The van der Waals surface area contributed by atoms with E-state index in [9.17, 15) is 4.79 Å². The van der Waals surface area contributed by atoms with Crippen LogP contribution in [0.4, 0.5) is 0 Å². The molecule has 0 heterocycles. The molecule has 0 N–H and O–H groups in total. The molecule has 1 atom stereocenters. The number of carbonyl (C=O) groups is 1. The molecule has 0 aromatic carbocycles. The number of aldehydes is 1. The number of hydrogen-bond acceptors (Lipinski definition) is 1. The first-order chi connectivity index (χ1) is 8.13. The van der Waals surface area contributed by atoms with E-state index in [1.807, 2.05) is 0 Å². The van der Waals surface area contributed by atoms with E-state index in [0.29, 0.717) is 0 Å². The summed E-state index contributed by atoms with van der Waals surface area (Å²) < 4.78 is 0. The van der Waals surface area contributed by atoms with Crippen molar-refractivity contribution in [3.8, 4) is 0 Å². The van der Waals surface area contributed by atoms with Gasteiger partial charge in [0.1, 0.15) is 6.29 Å². The van der Waals surface area contributed by atoms with Crippen LogP contribution < -0.4 is 0 Å². The lowest BCUT2D eigenvalue weighted by Gasteiger charge is -2.12. The molecule has 0 saturated heterocycles. The highest BCUT2D eigenvalue weighted by molar-refractivity contribution is 5.58. The first kappa shape index (κ1) is 14.0. The van der Waals surface area contributed by atoms with Crippen LogP contribution in [0.2, 0.25) is 0 Å². The smallest absolute Gasteiger partial charge is 0.127 e. The van der Waals surface area contributed by atoms with Crippen LogP contribution in [0.15, 0.2) is 34.9 Å². The molecule has 1 aliphatic rings. The van der Waals surface area contributed by atoms with Crippen LogP contribution in [0.25, 0.3) is 0 Å². The van der Waals surface area contributed by atoms with Gasteiger partial charge in [0.25, 0.3) is 0 Å². The molecule has 0 saturated carbocycles. The first-order valence-corrected chi connectivity index (χ1v) is 6.56. The quantitative estimate of drug-likeness (QED) is 0.477. The normalized spacial score (nSPS) is 32.9. The Hall–Kier alpha value is -1.11. The van der Waals surface area contributed by atoms with Gasteiger partial charge < -0.3 is 4.79 Å². The second-order valence-electron chi connectivity index (χ2n) is 5.10. The Labute approximate surface area is 105 Å². The Kier molecular flexibility index (Phi) is 5.96. The molecule has 17 heavy (non-hydrogen) atoms. The highest BCUT2D eigenvalue weighted by Crippen LogP contribution is 2.20. The second-order valence-corrected chi connectivity index (χ2v) is 5.10. The third-order valence-electron chi connectivity index (χ3n) is 3.54. The summed E-state index contributed by atoms with van der Waals surface area (Å²) in [7, 11) is 0. The molecule has 0 fully saturated rings. The van der Waals surface area contributed by atoms with Crippen molar-refractivity contribution in [2.45, 2.75) is 52.9 Å². The van der Waals surface area contributed by atoms with Gasteiger partial charge in [-0.25, -0.2) is 0 Å². The highest BCUT2D eigenvalue weighted by atomic mass is 16.1. The Balaban J connectivity index is 2.82. The van der Waals surface area contributed by atoms with E-state index in [1.54, 1.807) is 0 Å². The fourth-order valence-electron chi connectivity index (χ4n) is 2.13. The van der Waals surface area contributed by atoms with Gasteiger partial charge in [0, 0.05) is 5.92 Å². The van der Waals surface area contributed by atoms with Crippen LogP contribution >= 0.6 is 0 Å². The highest BCUT2D eigenvalue weighted by Gasteiger charge is 2.09. The van der Waals surface area contributed by atoms with Crippen LogP contribution in [0.1, 0.15) is 52.9 Å². The van der Waals surface area contributed by atoms with E-state index in [1.165, 1.54) is 16.7 Å². The molecule has 0 aliphatic heterocycles. The summed E-state index contributed by atoms with van der Waals surface area (Å²) in [4.78, 5) is 11.1. The predicted octanol–water partition coefficient (Wildman–Crippen LogP) is 4.60. The third-order valence-corrected chi connectivity index (χ3v) is 3.54. The van der Waals surface area contributed by atoms with Gasteiger partial charge in [-0.15, -0.1) is 0 Å². The summed E-state index contributed by atoms with van der Waals surface area (Å²) in [5.41, 5.74) is 4.08. The summed E-state index contributed by atoms with van der Waals surface area (Å²) in [6.45, 7) is 6.44. The van der Waals surface area contributed by atoms with Gasteiger partial charge in [0.15, 0.2) is 0 Å². The van der Waals surface area contributed by atoms with Crippen LogP contribution in [-0.4, -0.2) is 6.29 Å². The summed E-state index contributed by atoms with van der Waals surface area (Å²) >= 11 is 0. The van der Waals surface area contributed by atoms with E-state index in [-0.39, 0.29) is 5.92 Å². The molecule has 0 aromatic heterocycles. The third kappa shape index (κ3) is 5.16. The first-order valence-electron chi connectivity index (χ1n) is 6.56. The van der Waals surface area contributed by atoms with Crippen LogP contribution in [0.3, 0.4) is 0 Å². The van der Waals surface area contributed by atoms with E-state index in [2.05, 4.69) is 39.0 Å². The Bertz CT molecular complexity index is 345. The average Bonchev–Trinajstić information content (AvgIpc) is 2.28. The van der Waals surface area contributed by atoms with Crippen molar-refractivity contribution in [2.24, 2.45) is 5.92 Å². The lowest BCUT2D eigenvalue weighted by atomic mass is 9.93. The summed E-state index contributed by atoms with van der Waals surface area (Å²) in [6, 6.07) is 0. The molecule has 0 amide bonds. The molecule has 1 unspecified atom stereocenters. The van der Waals surface area contributed by atoms with Crippen molar-refractivity contribution in [1.29, 1.82) is 0 Å². The molecule has 1 heteroatoms. The van der Waals surface area contributed by atoms with E-state index in [4.69, 9.17) is 0 Å². The minimum atomic E-state index is 0.103. The molecule has 94 valence electrons. The Morgan fingerprint density at radius 2 is 1.76 bits per heavy atom. The fourth-order valence-corrected chi connectivity index (χ4v) is 2.13. The van der Waals surface area contributed by atoms with Crippen molar-refractivity contribution in [3.63, 3.8) is 0 Å². The monoisotopic (exact) mass is 232 g/mol. The van der Waals surface area contributed by atoms with Crippen molar-refractivity contribution < 1.29 is 4.79 Å². The van der Waals surface area contributed by atoms with Crippen LogP contribution in [0.5, 0.6) is 0 Å². The van der Waals surface area contributed by atoms with Gasteiger partial charge in [-0.2, -0.15) is 0 Å². The van der Waals surface area contributed by atoms with E-state index >= 15 is 0 Å². The molecule has 1 rings (SSSR count). The number of allylic oxidation sites excluding steroid dienone is 6. The van der Waals surface area contributed by atoms with Crippen molar-refractivity contribution in [2.75, 3.05) is 0 Å². The van der Waals surface area contributed by atoms with Crippen LogP contribution in [0, 0.1) is 5.92 Å². The van der Waals surface area contributed by atoms with Gasteiger partial charge >= 0.3 is 0 Å². The second kappa shape index (κ2) is 7.26. The van der Waals surface area contributed by atoms with E-state index in [0.717, 1.165) is 38.4 Å². The number of rotatable bonds is 1. The minimum absolute atomic E-state index is 0.103. The standard InChI is InChI=1S/C16H24O/c1-13-6-4-7-14(2)10-11-16(12-17)15(3)9-5-8-13/h7-9,12,16H,4-6,10-11H2,1-3H3/b13-8-,14-7-,15-9-. The Morgan fingerprint density at radius 1 is 1.06 bits per heavy atom. The van der Waals surface area contributed by atoms with Crippen molar-refractivity contribution in [1.82, 2.24) is 0 Å². The zero-order valence-electron chi connectivity index (χ0n) is 11.3. The lowest BCUT2D eigenvalue weighted by Crippen LogP contribution is -2.04. The predicted molar refractivity (Wildman–Crippen MR) is 73.9 cm³/mol. The summed E-state index contributed by atoms with van der Waals surface area (Å²) in [5.74, 6) is 0.103. The topological polar surface area (TPSA) is 17.1 Å². The van der Waals surface area contributed by atoms with Gasteiger partial charge in [-0.1, -0.05) is 34.9 Å². The Morgan fingerprint density at radius 3 is 2.47 bits per heavy atom. The maximum absolute atomic E-state index is 11.1. The molecular weight excluding hydrogens is 208 g/mol. The average molecular weight is 232 g/mol. The van der Waals surface area contributed by atoms with Gasteiger partial charge in [-0.3, -0.25) is 0 Å². The zero-order chi connectivity index (χ0) is 12.7. The maximum Gasteiger partial charge on any atom is 0.127 e. The van der Waals surface area contributed by atoms with Crippen molar-refractivity contribution in [3.05, 3.63) is 34.9 Å². The van der Waals surface area contributed by atoms with Crippen LogP contribution in [-0.2, 0) is 4.79 Å². The van der Waals surface area contributed by atoms with E-state index < -0.39 is 0 Å². The fraction of sp³-hybridized carbons (Fsp3) is 0.562. The molecule has 1 aliphatic carbocycles. The SMILES string of the molecule is C/C1=C/C/C=C(/C)C(C=O)CC/C(C)=C\CC1. The number of carbonyl (C=O) groups excluding carboxylic acids is 1. The maximum atomic E-state index is 11.1. The number of hydrogen-bond donors (Lipinski definition) is 0. The summed E-state index contributed by atoms with van der Waals surface area (Å²) in [6.07, 6.45) is 13.1. The van der Waals surface area contributed by atoms with Gasteiger partial charge in [-0.05, 0) is 52.9 Å². The zero-order valence-corrected chi connectivity index (χ0v) is 11.3. The van der Waals surface area contributed by atoms with Gasteiger partial charge in [0.05, 0.1) is 0 Å². The molecule has 0 radical (unpaired) electrons. The molecule has 0 spiro atoms. The molecule has 1 nitrogen and oxygen atoms in total. The summed E-state index contributed by atoms with van der Waals surface area (Å²) in [5, 5.41) is 0. The molecule has 0 bridgehead atoms. The molecule has 0 aromatic rings. The van der Waals surface area contributed by atoms with Gasteiger partial charge in [0.2, 0.25) is 0 Å². The largest absolute Gasteiger partial charge is 0.303 e. The molecular formula is C16H24O. The minimum Gasteiger partial charge on any atom is -0.303 e. The lowest BCUT2D eigenvalue weighted by molar-refractivity contribution is -0.110.